The Morgan fingerprint density at radius 1 is 1.44 bits per heavy atom. The lowest BCUT2D eigenvalue weighted by atomic mass is 9.87. The second-order valence-corrected chi connectivity index (χ2v) is 3.60. The molecule has 0 radical (unpaired) electrons. The molecule has 1 aliphatic rings. The van der Waals surface area contributed by atoms with Gasteiger partial charge >= 0.3 is 0 Å². The van der Waals surface area contributed by atoms with Gasteiger partial charge in [-0.05, 0) is 32.2 Å². The molecular weight excluding hydrogens is 110 g/mol. The van der Waals surface area contributed by atoms with Crippen LogP contribution in [0.2, 0.25) is 0 Å². The molecule has 1 heteroatoms. The van der Waals surface area contributed by atoms with Crippen molar-refractivity contribution in [2.45, 2.75) is 39.2 Å². The average Bonchev–Trinajstić information content (AvgIpc) is 2.16. The Balaban J connectivity index is 2.51. The fourth-order valence-corrected chi connectivity index (χ4v) is 1.41. The lowest BCUT2D eigenvalue weighted by Gasteiger charge is -2.28. The molecule has 1 nitrogen and oxygen atoms in total. The van der Waals surface area contributed by atoms with E-state index in [1.807, 2.05) is 0 Å². The molecule has 0 aromatic rings. The van der Waals surface area contributed by atoms with Crippen molar-refractivity contribution >= 4 is 0 Å². The molecule has 1 atom stereocenters. The molecule has 0 spiro atoms. The average molecular weight is 127 g/mol. The van der Waals surface area contributed by atoms with Gasteiger partial charge in [0.15, 0.2) is 0 Å². The third-order valence-corrected chi connectivity index (χ3v) is 2.68. The van der Waals surface area contributed by atoms with Gasteiger partial charge in [-0.2, -0.15) is 0 Å². The lowest BCUT2D eigenvalue weighted by molar-refractivity contribution is 0.301. The molecule has 0 aromatic heterocycles. The van der Waals surface area contributed by atoms with Crippen LogP contribution in [0.3, 0.4) is 0 Å². The fraction of sp³-hybridized carbons (Fsp3) is 1.00. The van der Waals surface area contributed by atoms with Crippen LogP contribution in [0.15, 0.2) is 0 Å². The highest BCUT2D eigenvalue weighted by Crippen LogP contribution is 2.26. The van der Waals surface area contributed by atoms with Crippen molar-refractivity contribution in [2.24, 2.45) is 5.92 Å². The maximum absolute atomic E-state index is 3.53. The highest BCUT2D eigenvalue weighted by Gasteiger charge is 2.30. The Morgan fingerprint density at radius 2 is 2.11 bits per heavy atom. The van der Waals surface area contributed by atoms with E-state index >= 15 is 0 Å². The van der Waals surface area contributed by atoms with Gasteiger partial charge in [0.25, 0.3) is 0 Å². The first-order chi connectivity index (χ1) is 4.15. The zero-order valence-electron chi connectivity index (χ0n) is 6.70. The van der Waals surface area contributed by atoms with E-state index < -0.39 is 0 Å². The van der Waals surface area contributed by atoms with E-state index in [-0.39, 0.29) is 0 Å². The van der Waals surface area contributed by atoms with E-state index in [0.29, 0.717) is 5.54 Å². The maximum atomic E-state index is 3.53. The maximum Gasteiger partial charge on any atom is 0.0176 e. The highest BCUT2D eigenvalue weighted by molar-refractivity contribution is 4.90. The molecular formula is C8H17N. The van der Waals surface area contributed by atoms with Crippen LogP contribution in [0.4, 0.5) is 0 Å². The van der Waals surface area contributed by atoms with Crippen LogP contribution in [0.5, 0.6) is 0 Å². The van der Waals surface area contributed by atoms with Crippen LogP contribution in [0, 0.1) is 5.92 Å². The number of hydrogen-bond acceptors (Lipinski definition) is 1. The minimum atomic E-state index is 0.444. The number of hydrogen-bond donors (Lipinski definition) is 1. The summed E-state index contributed by atoms with van der Waals surface area (Å²) in [6, 6.07) is 0. The predicted molar refractivity (Wildman–Crippen MR) is 40.5 cm³/mol. The molecule has 1 rings (SSSR count). The molecule has 0 aromatic carbocycles. The standard InChI is InChI=1S/C8H17N/c1-7(2)8(3)5-4-6-9-8/h7,9H,4-6H2,1-3H3/t8-/m1/s1. The van der Waals surface area contributed by atoms with Crippen LogP contribution in [0.1, 0.15) is 33.6 Å². The van der Waals surface area contributed by atoms with Crippen LogP contribution >= 0.6 is 0 Å². The van der Waals surface area contributed by atoms with E-state index in [4.69, 9.17) is 0 Å². The molecule has 9 heavy (non-hydrogen) atoms. The summed E-state index contributed by atoms with van der Waals surface area (Å²) in [7, 11) is 0. The molecule has 0 bridgehead atoms. The third kappa shape index (κ3) is 1.26. The molecule has 0 unspecified atom stereocenters. The zero-order valence-corrected chi connectivity index (χ0v) is 6.70. The van der Waals surface area contributed by atoms with Crippen molar-refractivity contribution in [2.75, 3.05) is 6.54 Å². The Kier molecular flexibility index (Phi) is 1.80. The van der Waals surface area contributed by atoms with Crippen molar-refractivity contribution in [1.29, 1.82) is 0 Å². The Labute approximate surface area is 57.8 Å². The van der Waals surface area contributed by atoms with Gasteiger partial charge in [-0.25, -0.2) is 0 Å². The smallest absolute Gasteiger partial charge is 0.0176 e. The van der Waals surface area contributed by atoms with E-state index in [2.05, 4.69) is 26.1 Å². The minimum Gasteiger partial charge on any atom is -0.311 e. The normalized spacial score (nSPS) is 36.0. The van der Waals surface area contributed by atoms with E-state index in [1.165, 1.54) is 19.4 Å². The predicted octanol–water partition coefficient (Wildman–Crippen LogP) is 1.78. The molecule has 1 N–H and O–H groups in total. The summed E-state index contributed by atoms with van der Waals surface area (Å²) in [6.45, 7) is 8.12. The van der Waals surface area contributed by atoms with Gasteiger partial charge in [0, 0.05) is 5.54 Å². The van der Waals surface area contributed by atoms with Gasteiger partial charge in [-0.15, -0.1) is 0 Å². The van der Waals surface area contributed by atoms with Gasteiger partial charge < -0.3 is 5.32 Å². The quantitative estimate of drug-likeness (QED) is 0.566. The monoisotopic (exact) mass is 127 g/mol. The first kappa shape index (κ1) is 7.07. The SMILES string of the molecule is CC(C)[C@@]1(C)CCCN1. The summed E-state index contributed by atoms with van der Waals surface area (Å²) in [6.07, 6.45) is 2.71. The second-order valence-electron chi connectivity index (χ2n) is 3.60. The van der Waals surface area contributed by atoms with Crippen LogP contribution in [-0.4, -0.2) is 12.1 Å². The van der Waals surface area contributed by atoms with Gasteiger partial charge in [0.05, 0.1) is 0 Å². The topological polar surface area (TPSA) is 12.0 Å². The summed E-state index contributed by atoms with van der Waals surface area (Å²) >= 11 is 0. The van der Waals surface area contributed by atoms with Crippen molar-refractivity contribution in [3.63, 3.8) is 0 Å². The van der Waals surface area contributed by atoms with Crippen molar-refractivity contribution in [1.82, 2.24) is 5.32 Å². The van der Waals surface area contributed by atoms with Gasteiger partial charge in [0.2, 0.25) is 0 Å². The summed E-state index contributed by atoms with van der Waals surface area (Å²) in [5.74, 6) is 0.778. The van der Waals surface area contributed by atoms with Crippen molar-refractivity contribution < 1.29 is 0 Å². The summed E-state index contributed by atoms with van der Waals surface area (Å²) in [5.41, 5.74) is 0.444. The molecule has 54 valence electrons. The minimum absolute atomic E-state index is 0.444. The van der Waals surface area contributed by atoms with Crippen molar-refractivity contribution in [3.8, 4) is 0 Å². The molecule has 1 aliphatic heterocycles. The Morgan fingerprint density at radius 3 is 2.33 bits per heavy atom. The Hall–Kier alpha value is -0.0400. The first-order valence-electron chi connectivity index (χ1n) is 3.90. The van der Waals surface area contributed by atoms with Crippen LogP contribution in [-0.2, 0) is 0 Å². The van der Waals surface area contributed by atoms with E-state index in [0.717, 1.165) is 5.92 Å². The van der Waals surface area contributed by atoms with Gasteiger partial charge in [0.1, 0.15) is 0 Å². The lowest BCUT2D eigenvalue weighted by Crippen LogP contribution is -2.41. The molecule has 0 saturated carbocycles. The number of rotatable bonds is 1. The van der Waals surface area contributed by atoms with E-state index in [9.17, 15) is 0 Å². The molecule has 0 amide bonds. The molecule has 1 heterocycles. The van der Waals surface area contributed by atoms with Crippen LogP contribution in [0.25, 0.3) is 0 Å². The molecule has 0 aliphatic carbocycles. The highest BCUT2D eigenvalue weighted by atomic mass is 15.0. The summed E-state index contributed by atoms with van der Waals surface area (Å²) in [5, 5.41) is 3.53. The first-order valence-corrected chi connectivity index (χ1v) is 3.90. The number of nitrogens with one attached hydrogen (secondary N) is 1. The molecule has 1 fully saturated rings. The fourth-order valence-electron chi connectivity index (χ4n) is 1.41. The zero-order chi connectivity index (χ0) is 6.91. The van der Waals surface area contributed by atoms with Crippen molar-refractivity contribution in [3.05, 3.63) is 0 Å². The third-order valence-electron chi connectivity index (χ3n) is 2.68. The Bertz CT molecular complexity index is 90.7. The van der Waals surface area contributed by atoms with Crippen LogP contribution < -0.4 is 5.32 Å². The van der Waals surface area contributed by atoms with Gasteiger partial charge in [-0.3, -0.25) is 0 Å². The summed E-state index contributed by atoms with van der Waals surface area (Å²) < 4.78 is 0. The van der Waals surface area contributed by atoms with E-state index in [1.54, 1.807) is 0 Å². The second kappa shape index (κ2) is 2.30. The van der Waals surface area contributed by atoms with Gasteiger partial charge in [-0.1, -0.05) is 13.8 Å². The molecule has 1 saturated heterocycles. The summed E-state index contributed by atoms with van der Waals surface area (Å²) in [4.78, 5) is 0. The largest absolute Gasteiger partial charge is 0.311 e.